The minimum absolute atomic E-state index is 0.0684. The molecule has 5 rings (SSSR count). The van der Waals surface area contributed by atoms with Gasteiger partial charge in [-0.1, -0.05) is 5.21 Å². The van der Waals surface area contributed by atoms with Crippen molar-refractivity contribution >= 4 is 5.65 Å². The fourth-order valence-electron chi connectivity index (χ4n) is 3.49. The molecule has 1 N–H and O–H groups in total. The van der Waals surface area contributed by atoms with Gasteiger partial charge in [-0.05, 0) is 19.3 Å². The van der Waals surface area contributed by atoms with Gasteiger partial charge in [0.25, 0.3) is 5.56 Å². The van der Waals surface area contributed by atoms with Gasteiger partial charge < -0.3 is 0 Å². The highest BCUT2D eigenvalue weighted by molar-refractivity contribution is 5.36. The molecular weight excluding hydrogens is 306 g/mol. The number of hydrogen-bond acceptors (Lipinski definition) is 5. The van der Waals surface area contributed by atoms with Gasteiger partial charge in [0.15, 0.2) is 5.65 Å². The second-order valence-electron chi connectivity index (χ2n) is 6.82. The molecule has 3 aromatic rings. The predicted molar refractivity (Wildman–Crippen MR) is 86.7 cm³/mol. The van der Waals surface area contributed by atoms with E-state index in [9.17, 15) is 4.79 Å². The summed E-state index contributed by atoms with van der Waals surface area (Å²) in [5.41, 5.74) is 2.55. The Hall–Kier alpha value is -2.48. The van der Waals surface area contributed by atoms with Crippen LogP contribution >= 0.6 is 0 Å². The van der Waals surface area contributed by atoms with E-state index in [0.717, 1.165) is 30.9 Å². The first-order valence-electron chi connectivity index (χ1n) is 8.46. The molecule has 24 heavy (non-hydrogen) atoms. The van der Waals surface area contributed by atoms with Gasteiger partial charge in [-0.15, -0.1) is 5.10 Å². The quantitative estimate of drug-likeness (QED) is 0.772. The number of rotatable bonds is 4. The number of nitrogens with zero attached hydrogens (tertiary/aromatic N) is 6. The van der Waals surface area contributed by atoms with Gasteiger partial charge in [0.05, 0.1) is 17.4 Å². The van der Waals surface area contributed by atoms with E-state index in [2.05, 4.69) is 31.5 Å². The summed E-state index contributed by atoms with van der Waals surface area (Å²) >= 11 is 0. The van der Waals surface area contributed by atoms with Crippen molar-refractivity contribution in [1.82, 2.24) is 34.5 Å². The van der Waals surface area contributed by atoms with E-state index in [1.54, 1.807) is 12.3 Å². The molecular formula is C16H19N7O. The molecule has 0 aromatic carbocycles. The van der Waals surface area contributed by atoms with Crippen LogP contribution in [0.5, 0.6) is 0 Å². The topological polar surface area (TPSA) is 84.1 Å². The molecule has 3 aromatic heterocycles. The van der Waals surface area contributed by atoms with Crippen LogP contribution in [0.15, 0.2) is 29.3 Å². The van der Waals surface area contributed by atoms with Crippen LogP contribution in [0.4, 0.5) is 0 Å². The molecule has 2 fully saturated rings. The van der Waals surface area contributed by atoms with Crippen molar-refractivity contribution in [2.75, 3.05) is 13.1 Å². The van der Waals surface area contributed by atoms with Crippen LogP contribution in [-0.4, -0.2) is 47.6 Å². The van der Waals surface area contributed by atoms with Gasteiger partial charge in [-0.2, -0.15) is 0 Å². The van der Waals surface area contributed by atoms with Gasteiger partial charge in [0, 0.05) is 50.1 Å². The zero-order chi connectivity index (χ0) is 16.1. The maximum atomic E-state index is 12.0. The van der Waals surface area contributed by atoms with Gasteiger partial charge >= 0.3 is 0 Å². The standard InChI is InChI=1S/C16H19N7O/c24-16-7-12(18-15-3-5-17-23(15)16)8-21-6-4-13(9-21)22-10-14(19-20-22)11-1-2-11/h3,5,7,10-11,13,17H,1-2,4,6,8-9H2. The van der Waals surface area contributed by atoms with Crippen molar-refractivity contribution in [2.24, 2.45) is 0 Å². The normalized spacial score (nSPS) is 21.8. The van der Waals surface area contributed by atoms with E-state index in [4.69, 9.17) is 0 Å². The van der Waals surface area contributed by atoms with Gasteiger partial charge in [0.1, 0.15) is 0 Å². The number of H-pyrrole nitrogens is 1. The molecule has 1 aliphatic heterocycles. The van der Waals surface area contributed by atoms with Crippen LogP contribution in [0.25, 0.3) is 5.65 Å². The minimum Gasteiger partial charge on any atom is -0.297 e. The van der Waals surface area contributed by atoms with Crippen LogP contribution < -0.4 is 5.56 Å². The maximum absolute atomic E-state index is 12.0. The van der Waals surface area contributed by atoms with E-state index < -0.39 is 0 Å². The van der Waals surface area contributed by atoms with E-state index >= 15 is 0 Å². The first-order valence-corrected chi connectivity index (χ1v) is 8.46. The highest BCUT2D eigenvalue weighted by atomic mass is 16.1. The van der Waals surface area contributed by atoms with Crippen molar-refractivity contribution in [2.45, 2.75) is 37.8 Å². The third-order valence-corrected chi connectivity index (χ3v) is 4.96. The number of likely N-dealkylation sites (tertiary alicyclic amines) is 1. The lowest BCUT2D eigenvalue weighted by molar-refractivity contribution is 0.307. The Morgan fingerprint density at radius 2 is 2.21 bits per heavy atom. The smallest absolute Gasteiger partial charge is 0.272 e. The molecule has 1 aliphatic carbocycles. The monoisotopic (exact) mass is 325 g/mol. The van der Waals surface area contributed by atoms with Gasteiger partial charge in [-0.25, -0.2) is 14.2 Å². The lowest BCUT2D eigenvalue weighted by Crippen LogP contribution is -2.24. The molecule has 1 saturated heterocycles. The van der Waals surface area contributed by atoms with Crippen LogP contribution in [0.1, 0.15) is 42.6 Å². The average molecular weight is 325 g/mol. The highest BCUT2D eigenvalue weighted by Crippen LogP contribution is 2.39. The summed E-state index contributed by atoms with van der Waals surface area (Å²) in [6.45, 7) is 2.59. The fraction of sp³-hybridized carbons (Fsp3) is 0.500. The van der Waals surface area contributed by atoms with E-state index in [-0.39, 0.29) is 5.56 Å². The molecule has 2 aliphatic rings. The summed E-state index contributed by atoms with van der Waals surface area (Å²) in [6.07, 6.45) is 7.39. The molecule has 0 spiro atoms. The number of nitrogens with one attached hydrogen (secondary N) is 1. The molecule has 124 valence electrons. The van der Waals surface area contributed by atoms with E-state index in [1.807, 2.05) is 10.7 Å². The zero-order valence-corrected chi connectivity index (χ0v) is 13.3. The Labute approximate surface area is 138 Å². The Balaban J connectivity index is 1.30. The zero-order valence-electron chi connectivity index (χ0n) is 13.3. The Kier molecular flexibility index (Phi) is 3.05. The predicted octanol–water partition coefficient (Wildman–Crippen LogP) is 0.938. The van der Waals surface area contributed by atoms with Crippen molar-refractivity contribution in [1.29, 1.82) is 0 Å². The second kappa shape index (κ2) is 5.27. The molecule has 8 heteroatoms. The molecule has 1 saturated carbocycles. The first kappa shape index (κ1) is 13.9. The Morgan fingerprint density at radius 1 is 1.29 bits per heavy atom. The number of fused-ring (bicyclic) bond motifs is 1. The van der Waals surface area contributed by atoms with Gasteiger partial charge in [-0.3, -0.25) is 14.8 Å². The second-order valence-corrected chi connectivity index (χ2v) is 6.82. The number of aromatic amines is 1. The lowest BCUT2D eigenvalue weighted by atomic mass is 10.2. The third kappa shape index (κ3) is 2.43. The largest absolute Gasteiger partial charge is 0.297 e. The average Bonchev–Trinajstić information content (AvgIpc) is 3.00. The van der Waals surface area contributed by atoms with Crippen LogP contribution in [0.3, 0.4) is 0 Å². The SMILES string of the molecule is O=c1cc(CN2CCC(n3cc(C4CC4)nn3)C2)nc2cc[nH]n12. The molecule has 0 bridgehead atoms. The Morgan fingerprint density at radius 3 is 3.08 bits per heavy atom. The molecule has 4 heterocycles. The van der Waals surface area contributed by atoms with Crippen LogP contribution in [0, 0.1) is 0 Å². The molecule has 1 unspecified atom stereocenters. The number of aromatic nitrogens is 6. The molecule has 8 nitrogen and oxygen atoms in total. The van der Waals surface area contributed by atoms with E-state index in [0.29, 0.717) is 24.2 Å². The van der Waals surface area contributed by atoms with Crippen LogP contribution in [-0.2, 0) is 6.54 Å². The Bertz CT molecular complexity index is 935. The molecule has 0 amide bonds. The van der Waals surface area contributed by atoms with Crippen molar-refractivity contribution in [3.63, 3.8) is 0 Å². The summed E-state index contributed by atoms with van der Waals surface area (Å²) in [5, 5.41) is 11.5. The van der Waals surface area contributed by atoms with Crippen molar-refractivity contribution in [3.05, 3.63) is 46.3 Å². The summed E-state index contributed by atoms with van der Waals surface area (Å²) in [4.78, 5) is 18.9. The first-order chi connectivity index (χ1) is 11.8. The third-order valence-electron chi connectivity index (χ3n) is 4.96. The summed E-state index contributed by atoms with van der Waals surface area (Å²) < 4.78 is 3.47. The maximum Gasteiger partial charge on any atom is 0.272 e. The summed E-state index contributed by atoms with van der Waals surface area (Å²) in [7, 11) is 0. The molecule has 1 atom stereocenters. The van der Waals surface area contributed by atoms with Gasteiger partial charge in [0.2, 0.25) is 0 Å². The summed E-state index contributed by atoms with van der Waals surface area (Å²) in [5.74, 6) is 0.640. The minimum atomic E-state index is -0.0684. The summed E-state index contributed by atoms with van der Waals surface area (Å²) in [6, 6.07) is 3.78. The van der Waals surface area contributed by atoms with Crippen LogP contribution in [0.2, 0.25) is 0 Å². The number of hydrogen-bond donors (Lipinski definition) is 1. The lowest BCUT2D eigenvalue weighted by Gasteiger charge is -2.15. The van der Waals surface area contributed by atoms with Crippen molar-refractivity contribution < 1.29 is 0 Å². The molecule has 0 radical (unpaired) electrons. The fourth-order valence-corrected chi connectivity index (χ4v) is 3.49. The van der Waals surface area contributed by atoms with E-state index in [1.165, 1.54) is 17.4 Å². The highest BCUT2D eigenvalue weighted by Gasteiger charge is 2.29. The van der Waals surface area contributed by atoms with Crippen molar-refractivity contribution in [3.8, 4) is 0 Å².